The molecule has 0 aromatic heterocycles. The molecule has 0 aliphatic heterocycles. The molecule has 0 heteroatoms. The van der Waals surface area contributed by atoms with E-state index in [2.05, 4.69) is 34.6 Å². The number of rotatable bonds is 7. The van der Waals surface area contributed by atoms with E-state index < -0.39 is 0 Å². The second-order valence-corrected chi connectivity index (χ2v) is 5.07. The summed E-state index contributed by atoms with van der Waals surface area (Å²) in [5, 5.41) is 0. The number of hydrogen-bond acceptors (Lipinski definition) is 0. The smallest absolute Gasteiger partial charge is 0.0417 e. The molecule has 0 unspecified atom stereocenters. The first-order valence-electron chi connectivity index (χ1n) is 6.07. The van der Waals surface area contributed by atoms with E-state index in [1.807, 2.05) is 0 Å². The van der Waals surface area contributed by atoms with Crippen LogP contribution in [0.4, 0.5) is 0 Å². The van der Waals surface area contributed by atoms with Crippen molar-refractivity contribution in [2.24, 2.45) is 17.8 Å². The van der Waals surface area contributed by atoms with Gasteiger partial charge in [0.2, 0.25) is 0 Å². The molecule has 0 heterocycles. The molecule has 0 aromatic rings. The van der Waals surface area contributed by atoms with Crippen molar-refractivity contribution in [1.82, 2.24) is 0 Å². The van der Waals surface area contributed by atoms with Crippen LogP contribution in [0.3, 0.4) is 0 Å². The maximum absolute atomic E-state index is 2.42. The van der Waals surface area contributed by atoms with Gasteiger partial charge in [0.1, 0.15) is 0 Å². The zero-order valence-electron chi connectivity index (χ0n) is 10.3. The summed E-state index contributed by atoms with van der Waals surface area (Å²) in [5.74, 6) is 2.73. The average Bonchev–Trinajstić information content (AvgIpc) is 2.10. The molecule has 0 aliphatic carbocycles. The number of hydrogen-bond donors (Lipinski definition) is 0. The fraction of sp³-hybridized carbons (Fsp3) is 1.00. The first-order chi connectivity index (χ1) is 6.07. The van der Waals surface area contributed by atoms with Crippen molar-refractivity contribution in [3.05, 3.63) is 0 Å². The molecule has 0 amide bonds. The van der Waals surface area contributed by atoms with Crippen molar-refractivity contribution in [3.8, 4) is 0 Å². The van der Waals surface area contributed by atoms with Gasteiger partial charge in [-0.25, -0.2) is 0 Å². The van der Waals surface area contributed by atoms with Gasteiger partial charge in [-0.1, -0.05) is 66.7 Å². The monoisotopic (exact) mass is 184 g/mol. The van der Waals surface area contributed by atoms with E-state index in [-0.39, 0.29) is 0 Å². The van der Waals surface area contributed by atoms with Crippen molar-refractivity contribution in [2.75, 3.05) is 0 Å². The lowest BCUT2D eigenvalue weighted by atomic mass is 9.86. The topological polar surface area (TPSA) is 0 Å². The second-order valence-electron chi connectivity index (χ2n) is 5.07. The molecule has 0 saturated heterocycles. The van der Waals surface area contributed by atoms with E-state index in [4.69, 9.17) is 0 Å². The Morgan fingerprint density at radius 3 is 1.77 bits per heavy atom. The van der Waals surface area contributed by atoms with E-state index in [0.717, 1.165) is 17.8 Å². The summed E-state index contributed by atoms with van der Waals surface area (Å²) < 4.78 is 0. The highest BCUT2D eigenvalue weighted by Gasteiger charge is 2.11. The van der Waals surface area contributed by atoms with Crippen LogP contribution in [0.2, 0.25) is 0 Å². The summed E-state index contributed by atoms with van der Waals surface area (Å²) >= 11 is 0. The predicted octanol–water partition coefficient (Wildman–Crippen LogP) is 4.89. The molecule has 0 rings (SSSR count). The SMILES string of the molecule is CCCC[C@@H](C)[C@@H](C)CCC(C)C. The van der Waals surface area contributed by atoms with Crippen LogP contribution in [-0.2, 0) is 0 Å². The molecule has 0 spiro atoms. The molecule has 0 aliphatic rings. The Morgan fingerprint density at radius 1 is 0.769 bits per heavy atom. The third-order valence-electron chi connectivity index (χ3n) is 3.18. The van der Waals surface area contributed by atoms with Gasteiger partial charge in [-0.05, 0) is 17.8 Å². The van der Waals surface area contributed by atoms with Crippen LogP contribution in [0.15, 0.2) is 0 Å². The average molecular weight is 184 g/mol. The minimum Gasteiger partial charge on any atom is -0.0654 e. The van der Waals surface area contributed by atoms with Crippen LogP contribution >= 0.6 is 0 Å². The fourth-order valence-electron chi connectivity index (χ4n) is 1.69. The van der Waals surface area contributed by atoms with Crippen molar-refractivity contribution < 1.29 is 0 Å². The summed E-state index contributed by atoms with van der Waals surface area (Å²) in [7, 11) is 0. The fourth-order valence-corrected chi connectivity index (χ4v) is 1.69. The molecule has 0 N–H and O–H groups in total. The van der Waals surface area contributed by atoms with Gasteiger partial charge in [0.25, 0.3) is 0 Å². The Kier molecular flexibility index (Phi) is 7.41. The van der Waals surface area contributed by atoms with Gasteiger partial charge in [0.15, 0.2) is 0 Å². The molecule has 0 aromatic carbocycles. The standard InChI is InChI=1S/C13H28/c1-6-7-8-12(4)13(5)10-9-11(2)3/h11-13H,6-10H2,1-5H3/t12-,13+/m1/s1. The van der Waals surface area contributed by atoms with Crippen LogP contribution in [0.25, 0.3) is 0 Å². The highest BCUT2D eigenvalue weighted by Crippen LogP contribution is 2.23. The molecule has 0 saturated carbocycles. The third kappa shape index (κ3) is 7.10. The molecule has 80 valence electrons. The van der Waals surface area contributed by atoms with Crippen LogP contribution in [0.1, 0.15) is 66.7 Å². The minimum absolute atomic E-state index is 0.876. The van der Waals surface area contributed by atoms with Gasteiger partial charge >= 0.3 is 0 Å². The Morgan fingerprint density at radius 2 is 1.31 bits per heavy atom. The quantitative estimate of drug-likeness (QED) is 0.528. The van der Waals surface area contributed by atoms with Crippen molar-refractivity contribution >= 4 is 0 Å². The van der Waals surface area contributed by atoms with Crippen LogP contribution in [0, 0.1) is 17.8 Å². The van der Waals surface area contributed by atoms with Crippen LogP contribution in [-0.4, -0.2) is 0 Å². The van der Waals surface area contributed by atoms with Crippen LogP contribution in [0.5, 0.6) is 0 Å². The van der Waals surface area contributed by atoms with E-state index in [9.17, 15) is 0 Å². The number of unbranched alkanes of at least 4 members (excludes halogenated alkanes) is 1. The Balaban J connectivity index is 3.50. The summed E-state index contributed by atoms with van der Waals surface area (Å²) in [4.78, 5) is 0. The minimum atomic E-state index is 0.876. The van der Waals surface area contributed by atoms with Gasteiger partial charge in [0, 0.05) is 0 Å². The van der Waals surface area contributed by atoms with Crippen molar-refractivity contribution in [3.63, 3.8) is 0 Å². The second kappa shape index (κ2) is 7.41. The normalized spacial score (nSPS) is 16.2. The van der Waals surface area contributed by atoms with Gasteiger partial charge in [0.05, 0.1) is 0 Å². The summed E-state index contributed by atoms with van der Waals surface area (Å²) in [6, 6.07) is 0. The van der Waals surface area contributed by atoms with E-state index in [1.54, 1.807) is 0 Å². The molecule has 0 radical (unpaired) electrons. The van der Waals surface area contributed by atoms with Gasteiger partial charge in [-0.2, -0.15) is 0 Å². The van der Waals surface area contributed by atoms with E-state index in [0.29, 0.717) is 0 Å². The van der Waals surface area contributed by atoms with E-state index >= 15 is 0 Å². The Hall–Kier alpha value is 0. The molecule has 13 heavy (non-hydrogen) atoms. The molecule has 0 nitrogen and oxygen atoms in total. The summed E-state index contributed by atoms with van der Waals surface area (Å²) in [5.41, 5.74) is 0. The highest BCUT2D eigenvalue weighted by atomic mass is 14.2. The lowest BCUT2D eigenvalue weighted by Gasteiger charge is -2.20. The zero-order chi connectivity index (χ0) is 10.3. The van der Waals surface area contributed by atoms with Gasteiger partial charge in [-0.3, -0.25) is 0 Å². The Bertz CT molecular complexity index is 105. The van der Waals surface area contributed by atoms with Crippen LogP contribution < -0.4 is 0 Å². The molecule has 0 fully saturated rings. The van der Waals surface area contributed by atoms with Crippen molar-refractivity contribution in [2.45, 2.75) is 66.7 Å². The first-order valence-corrected chi connectivity index (χ1v) is 6.07. The summed E-state index contributed by atoms with van der Waals surface area (Å²) in [6.45, 7) is 11.8. The lowest BCUT2D eigenvalue weighted by Crippen LogP contribution is -2.09. The largest absolute Gasteiger partial charge is 0.0654 e. The zero-order valence-corrected chi connectivity index (χ0v) is 10.3. The van der Waals surface area contributed by atoms with Crippen molar-refractivity contribution in [1.29, 1.82) is 0 Å². The predicted molar refractivity (Wildman–Crippen MR) is 61.9 cm³/mol. The maximum atomic E-state index is 2.42. The molecule has 0 bridgehead atoms. The Labute approximate surface area is 85.1 Å². The van der Waals surface area contributed by atoms with Gasteiger partial charge in [-0.15, -0.1) is 0 Å². The molecular weight excluding hydrogens is 156 g/mol. The summed E-state index contributed by atoms with van der Waals surface area (Å²) in [6.07, 6.45) is 7.00. The maximum Gasteiger partial charge on any atom is -0.0417 e. The first kappa shape index (κ1) is 13.0. The molecular formula is C13H28. The molecule has 2 atom stereocenters. The lowest BCUT2D eigenvalue weighted by molar-refractivity contribution is 0.315. The van der Waals surface area contributed by atoms with Gasteiger partial charge < -0.3 is 0 Å². The highest BCUT2D eigenvalue weighted by molar-refractivity contribution is 4.63. The third-order valence-corrected chi connectivity index (χ3v) is 3.18. The van der Waals surface area contributed by atoms with E-state index in [1.165, 1.54) is 32.1 Å².